The van der Waals surface area contributed by atoms with Gasteiger partial charge in [-0.05, 0) is 0 Å². The van der Waals surface area contributed by atoms with Crippen LogP contribution in [0, 0.1) is 0 Å². The minimum Gasteiger partial charge on any atom is -0.166 e. The minimum absolute atomic E-state index is 0. The number of halogens is 2. The molecule has 0 spiro atoms. The third-order valence-corrected chi connectivity index (χ3v) is 0. The van der Waals surface area contributed by atoms with Crippen LogP contribution in [0.2, 0.25) is 0 Å². The standard InChI is InChI=1S/Cl2O.Ru/c1-3-2;. The molecule has 0 amide bonds. The van der Waals surface area contributed by atoms with Gasteiger partial charge in [0.05, 0.1) is 23.7 Å². The summed E-state index contributed by atoms with van der Waals surface area (Å²) in [5.74, 6) is 0. The van der Waals surface area contributed by atoms with E-state index in [1.807, 2.05) is 0 Å². The van der Waals surface area contributed by atoms with Crippen molar-refractivity contribution in [1.29, 1.82) is 0 Å². The van der Waals surface area contributed by atoms with Gasteiger partial charge >= 0.3 is 0 Å². The first kappa shape index (κ1) is 8.94. The summed E-state index contributed by atoms with van der Waals surface area (Å²) in [5, 5.41) is 0. The van der Waals surface area contributed by atoms with E-state index in [-0.39, 0.29) is 19.5 Å². The molecule has 0 aromatic heterocycles. The number of rotatable bonds is 0. The Kier molecular flexibility index (Phi) is 19.9. The number of hydrogen-bond acceptors (Lipinski definition) is 1. The topological polar surface area (TPSA) is 9.23 Å². The Morgan fingerprint density at radius 2 is 1.25 bits per heavy atom. The predicted octanol–water partition coefficient (Wildman–Crippen LogP) is 1.31. The molecule has 0 atom stereocenters. The van der Waals surface area contributed by atoms with Crippen LogP contribution in [0.15, 0.2) is 0 Å². The van der Waals surface area contributed by atoms with Gasteiger partial charge in [-0.15, -0.1) is 0 Å². The van der Waals surface area contributed by atoms with E-state index in [1.165, 1.54) is 0 Å². The van der Waals surface area contributed by atoms with E-state index in [4.69, 9.17) is 0 Å². The van der Waals surface area contributed by atoms with Crippen molar-refractivity contribution < 1.29 is 23.3 Å². The van der Waals surface area contributed by atoms with E-state index < -0.39 is 0 Å². The maximum absolute atomic E-state index is 4.26. The largest absolute Gasteiger partial charge is 0.166 e. The van der Waals surface area contributed by atoms with E-state index in [1.54, 1.807) is 0 Å². The molecule has 0 aromatic rings. The molecule has 0 rings (SSSR count). The molecule has 28 valence electrons. The zero-order valence-corrected chi connectivity index (χ0v) is 4.77. The van der Waals surface area contributed by atoms with Gasteiger partial charge in [0.15, 0.2) is 0 Å². The smallest absolute Gasteiger partial charge is 0.0832 e. The summed E-state index contributed by atoms with van der Waals surface area (Å²) < 4.78 is 3.19. The maximum atomic E-state index is 4.26. The van der Waals surface area contributed by atoms with Gasteiger partial charge in [0.2, 0.25) is 0 Å². The molecule has 0 radical (unpaired) electrons. The Balaban J connectivity index is 0. The van der Waals surface area contributed by atoms with Gasteiger partial charge < -0.3 is 0 Å². The third-order valence-electron chi connectivity index (χ3n) is 0. The summed E-state index contributed by atoms with van der Waals surface area (Å²) in [4.78, 5) is 0. The molecule has 0 unspecified atom stereocenters. The Bertz CT molecular complexity index is 6.00. The predicted molar refractivity (Wildman–Crippen MR) is 12.8 cm³/mol. The SMILES string of the molecule is ClOCl.[Ru]. The van der Waals surface area contributed by atoms with Crippen molar-refractivity contribution in [3.8, 4) is 0 Å². The Morgan fingerprint density at radius 1 is 1.25 bits per heavy atom. The molecule has 0 aliphatic rings. The molecule has 0 aromatic carbocycles. The van der Waals surface area contributed by atoms with Gasteiger partial charge in [-0.1, -0.05) is 0 Å². The molecule has 0 heterocycles. The summed E-state index contributed by atoms with van der Waals surface area (Å²) in [6.07, 6.45) is 0. The molecule has 0 aliphatic carbocycles. The second kappa shape index (κ2) is 8.90. The minimum atomic E-state index is 0. The van der Waals surface area contributed by atoms with Crippen LogP contribution in [0.4, 0.5) is 0 Å². The van der Waals surface area contributed by atoms with Gasteiger partial charge in [0.1, 0.15) is 0 Å². The van der Waals surface area contributed by atoms with E-state index in [0.717, 1.165) is 0 Å². The van der Waals surface area contributed by atoms with Crippen LogP contribution >= 0.6 is 23.7 Å². The molecule has 1 nitrogen and oxygen atoms in total. The maximum Gasteiger partial charge on any atom is 0.0832 e. The van der Waals surface area contributed by atoms with Crippen molar-refractivity contribution in [2.45, 2.75) is 0 Å². The fourth-order valence-electron chi connectivity index (χ4n) is 0. The summed E-state index contributed by atoms with van der Waals surface area (Å²) in [6.45, 7) is 0. The molecule has 4 heavy (non-hydrogen) atoms. The quantitative estimate of drug-likeness (QED) is 0.520. The van der Waals surface area contributed by atoms with E-state index in [0.29, 0.717) is 0 Å². The van der Waals surface area contributed by atoms with Crippen molar-refractivity contribution in [2.75, 3.05) is 0 Å². The van der Waals surface area contributed by atoms with Gasteiger partial charge in [-0.25, -0.2) is 0 Å². The Morgan fingerprint density at radius 3 is 1.25 bits per heavy atom. The molecular formula is Cl2ORu. The first-order valence-electron chi connectivity index (χ1n) is 0.309. The zero-order valence-electron chi connectivity index (χ0n) is 1.52. The summed E-state index contributed by atoms with van der Waals surface area (Å²) in [7, 11) is 0. The van der Waals surface area contributed by atoms with E-state index in [2.05, 4.69) is 27.6 Å². The van der Waals surface area contributed by atoms with Crippen LogP contribution in [0.1, 0.15) is 0 Å². The second-order valence-corrected chi connectivity index (χ2v) is 0.525. The second-order valence-electron chi connectivity index (χ2n) is 0.0583. The molecule has 0 fully saturated rings. The van der Waals surface area contributed by atoms with Gasteiger partial charge in [-0.2, -0.15) is 3.84 Å². The van der Waals surface area contributed by atoms with Crippen molar-refractivity contribution >= 4 is 23.7 Å². The van der Waals surface area contributed by atoms with Crippen molar-refractivity contribution in [2.24, 2.45) is 0 Å². The van der Waals surface area contributed by atoms with Gasteiger partial charge in [0, 0.05) is 19.5 Å². The average Bonchev–Trinajstić information content (AvgIpc) is 0.918. The summed E-state index contributed by atoms with van der Waals surface area (Å²) in [6, 6.07) is 0. The molecule has 0 saturated carbocycles. The molecule has 4 heteroatoms. The fourth-order valence-corrected chi connectivity index (χ4v) is 0. The summed E-state index contributed by atoms with van der Waals surface area (Å²) >= 11 is 8.53. The van der Waals surface area contributed by atoms with E-state index in [9.17, 15) is 0 Å². The Hall–Kier alpha value is 1.16. The van der Waals surface area contributed by atoms with E-state index >= 15 is 0 Å². The average molecular weight is 188 g/mol. The monoisotopic (exact) mass is 188 g/mol. The third kappa shape index (κ3) is 10.9. The molecular weight excluding hydrogens is 188 g/mol. The molecule has 0 N–H and O–H groups in total. The van der Waals surface area contributed by atoms with Crippen molar-refractivity contribution in [3.05, 3.63) is 0 Å². The normalized spacial score (nSPS) is 4.50. The van der Waals surface area contributed by atoms with Crippen LogP contribution in [-0.4, -0.2) is 0 Å². The van der Waals surface area contributed by atoms with Crippen molar-refractivity contribution in [3.63, 3.8) is 0 Å². The van der Waals surface area contributed by atoms with Crippen LogP contribution in [0.5, 0.6) is 0 Å². The molecule has 0 saturated heterocycles. The van der Waals surface area contributed by atoms with Gasteiger partial charge in [0.25, 0.3) is 0 Å². The van der Waals surface area contributed by atoms with Gasteiger partial charge in [-0.3, -0.25) is 0 Å². The first-order chi connectivity index (χ1) is 1.41. The van der Waals surface area contributed by atoms with Crippen LogP contribution in [0.25, 0.3) is 0 Å². The summed E-state index contributed by atoms with van der Waals surface area (Å²) in [5.41, 5.74) is 0. The molecule has 0 aliphatic heterocycles. The number of hydrogen-bond donors (Lipinski definition) is 0. The zero-order chi connectivity index (χ0) is 2.71. The van der Waals surface area contributed by atoms with Crippen LogP contribution < -0.4 is 0 Å². The van der Waals surface area contributed by atoms with Crippen LogP contribution in [0.3, 0.4) is 0 Å². The first-order valence-corrected chi connectivity index (χ1v) is 0.926. The fraction of sp³-hybridized carbons (Fsp3) is 0. The van der Waals surface area contributed by atoms with Crippen molar-refractivity contribution in [1.82, 2.24) is 0 Å². The van der Waals surface area contributed by atoms with Crippen LogP contribution in [-0.2, 0) is 23.3 Å². The Labute approximate surface area is 47.3 Å². The molecule has 0 bridgehead atoms.